The van der Waals surface area contributed by atoms with Crippen molar-refractivity contribution < 1.29 is 18.3 Å². The molecule has 0 aromatic carbocycles. The van der Waals surface area contributed by atoms with Crippen LogP contribution in [0, 0.1) is 5.92 Å². The molecule has 0 bridgehead atoms. The summed E-state index contributed by atoms with van der Waals surface area (Å²) in [5.41, 5.74) is 0. The standard InChI is InChI=1S/C8H16N2O4S/c1-6(11)3-10-4-7(2-8(10)12)5-15(9,13)14/h6-7,11H,2-5H2,1H3,(H2,9,13,14). The van der Waals surface area contributed by atoms with E-state index in [9.17, 15) is 13.2 Å². The molecule has 1 fully saturated rings. The van der Waals surface area contributed by atoms with Crippen molar-refractivity contribution in [2.45, 2.75) is 19.4 Å². The van der Waals surface area contributed by atoms with Crippen molar-refractivity contribution in [3.8, 4) is 0 Å². The van der Waals surface area contributed by atoms with Crippen LogP contribution in [-0.4, -0.2) is 49.3 Å². The molecule has 0 aromatic heterocycles. The highest BCUT2D eigenvalue weighted by Crippen LogP contribution is 2.18. The average molecular weight is 236 g/mol. The number of nitrogens with two attached hydrogens (primary N) is 1. The zero-order chi connectivity index (χ0) is 11.6. The molecule has 2 atom stereocenters. The molecule has 0 radical (unpaired) electrons. The molecule has 1 aliphatic rings. The van der Waals surface area contributed by atoms with Crippen molar-refractivity contribution >= 4 is 15.9 Å². The third-order valence-corrected chi connectivity index (χ3v) is 3.18. The highest BCUT2D eigenvalue weighted by atomic mass is 32.2. The Balaban J connectivity index is 2.52. The largest absolute Gasteiger partial charge is 0.392 e. The van der Waals surface area contributed by atoms with Crippen LogP contribution in [0.15, 0.2) is 0 Å². The van der Waals surface area contributed by atoms with E-state index in [-0.39, 0.29) is 30.5 Å². The Hall–Kier alpha value is -0.660. The Morgan fingerprint density at radius 2 is 2.27 bits per heavy atom. The van der Waals surface area contributed by atoms with Crippen molar-refractivity contribution in [2.24, 2.45) is 11.1 Å². The van der Waals surface area contributed by atoms with Crippen LogP contribution >= 0.6 is 0 Å². The van der Waals surface area contributed by atoms with E-state index < -0.39 is 16.1 Å². The maximum absolute atomic E-state index is 11.4. The number of sulfonamides is 1. The topological polar surface area (TPSA) is 101 Å². The van der Waals surface area contributed by atoms with Gasteiger partial charge in [-0.2, -0.15) is 0 Å². The van der Waals surface area contributed by atoms with Crippen molar-refractivity contribution in [3.63, 3.8) is 0 Å². The number of amides is 1. The number of hydrogen-bond acceptors (Lipinski definition) is 4. The Bertz CT molecular complexity index is 339. The van der Waals surface area contributed by atoms with Crippen LogP contribution in [-0.2, 0) is 14.8 Å². The van der Waals surface area contributed by atoms with E-state index in [0.717, 1.165) is 0 Å². The first-order valence-electron chi connectivity index (χ1n) is 4.74. The van der Waals surface area contributed by atoms with Gasteiger partial charge in [-0.1, -0.05) is 0 Å². The third-order valence-electron chi connectivity index (χ3n) is 2.25. The molecule has 6 nitrogen and oxygen atoms in total. The van der Waals surface area contributed by atoms with E-state index in [0.29, 0.717) is 6.54 Å². The number of rotatable bonds is 4. The van der Waals surface area contributed by atoms with E-state index in [1.54, 1.807) is 6.92 Å². The second kappa shape index (κ2) is 4.46. The molecule has 7 heteroatoms. The smallest absolute Gasteiger partial charge is 0.223 e. The van der Waals surface area contributed by atoms with Gasteiger partial charge in [0.05, 0.1) is 11.9 Å². The normalized spacial score (nSPS) is 24.6. The summed E-state index contributed by atoms with van der Waals surface area (Å²) in [4.78, 5) is 12.9. The van der Waals surface area contributed by atoms with Gasteiger partial charge in [-0.15, -0.1) is 0 Å². The molecule has 0 spiro atoms. The van der Waals surface area contributed by atoms with Crippen LogP contribution in [0.25, 0.3) is 0 Å². The second-order valence-corrected chi connectivity index (χ2v) is 5.71. The molecule has 1 heterocycles. The van der Waals surface area contributed by atoms with Crippen molar-refractivity contribution in [2.75, 3.05) is 18.8 Å². The van der Waals surface area contributed by atoms with E-state index in [1.807, 2.05) is 0 Å². The molecule has 1 amide bonds. The van der Waals surface area contributed by atoms with Crippen LogP contribution in [0.1, 0.15) is 13.3 Å². The molecule has 88 valence electrons. The Kier molecular flexibility index (Phi) is 3.69. The quantitative estimate of drug-likeness (QED) is 0.620. The summed E-state index contributed by atoms with van der Waals surface area (Å²) in [6, 6.07) is 0. The van der Waals surface area contributed by atoms with Crippen LogP contribution in [0.5, 0.6) is 0 Å². The Labute approximate surface area is 89.1 Å². The fourth-order valence-electron chi connectivity index (χ4n) is 1.79. The van der Waals surface area contributed by atoms with Crippen molar-refractivity contribution in [1.29, 1.82) is 0 Å². The number of aliphatic hydroxyl groups is 1. The predicted octanol–water partition coefficient (Wildman–Crippen LogP) is -1.50. The summed E-state index contributed by atoms with van der Waals surface area (Å²) in [6.45, 7) is 2.19. The fourth-order valence-corrected chi connectivity index (χ4v) is 2.67. The first kappa shape index (κ1) is 12.4. The monoisotopic (exact) mass is 236 g/mol. The Morgan fingerprint density at radius 1 is 1.67 bits per heavy atom. The number of carbonyl (C=O) groups is 1. The van der Waals surface area contributed by atoms with E-state index >= 15 is 0 Å². The van der Waals surface area contributed by atoms with Gasteiger partial charge in [-0.05, 0) is 6.92 Å². The van der Waals surface area contributed by atoms with Crippen molar-refractivity contribution in [1.82, 2.24) is 4.90 Å². The number of primary sulfonamides is 1. The molecule has 1 saturated heterocycles. The summed E-state index contributed by atoms with van der Waals surface area (Å²) < 4.78 is 21.6. The van der Waals surface area contributed by atoms with Gasteiger partial charge >= 0.3 is 0 Å². The number of carbonyl (C=O) groups excluding carboxylic acids is 1. The molecule has 0 saturated carbocycles. The minimum absolute atomic E-state index is 0.121. The van der Waals surface area contributed by atoms with Crippen molar-refractivity contribution in [3.05, 3.63) is 0 Å². The summed E-state index contributed by atoms with van der Waals surface area (Å²) in [5, 5.41) is 14.0. The molecule has 1 rings (SSSR count). The SMILES string of the molecule is CC(O)CN1CC(CS(N)(=O)=O)CC1=O. The first-order valence-corrected chi connectivity index (χ1v) is 6.46. The Morgan fingerprint density at radius 3 is 2.73 bits per heavy atom. The van der Waals surface area contributed by atoms with Crippen LogP contribution < -0.4 is 5.14 Å². The number of aliphatic hydroxyl groups excluding tert-OH is 1. The molecule has 2 unspecified atom stereocenters. The number of likely N-dealkylation sites (tertiary alicyclic amines) is 1. The summed E-state index contributed by atoms with van der Waals surface area (Å²) >= 11 is 0. The maximum Gasteiger partial charge on any atom is 0.223 e. The molecule has 0 aromatic rings. The molecular formula is C8H16N2O4S. The lowest BCUT2D eigenvalue weighted by Crippen LogP contribution is -2.33. The second-order valence-electron chi connectivity index (χ2n) is 4.05. The van der Waals surface area contributed by atoms with Crippen LogP contribution in [0.2, 0.25) is 0 Å². The summed E-state index contributed by atoms with van der Waals surface area (Å²) in [5.74, 6) is -0.537. The summed E-state index contributed by atoms with van der Waals surface area (Å²) in [6.07, 6.45) is -0.398. The van der Waals surface area contributed by atoms with Gasteiger partial charge in [-0.3, -0.25) is 4.79 Å². The molecule has 1 aliphatic heterocycles. The van der Waals surface area contributed by atoms with Gasteiger partial charge in [0.1, 0.15) is 0 Å². The zero-order valence-corrected chi connectivity index (χ0v) is 9.40. The molecular weight excluding hydrogens is 220 g/mol. The number of hydrogen-bond donors (Lipinski definition) is 2. The van der Waals surface area contributed by atoms with Gasteiger partial charge in [0.15, 0.2) is 0 Å². The van der Waals surface area contributed by atoms with Gasteiger partial charge in [0.25, 0.3) is 0 Å². The molecule has 15 heavy (non-hydrogen) atoms. The van der Waals surface area contributed by atoms with Crippen LogP contribution in [0.4, 0.5) is 0 Å². The number of nitrogens with zero attached hydrogens (tertiary/aromatic N) is 1. The highest BCUT2D eigenvalue weighted by molar-refractivity contribution is 7.89. The minimum Gasteiger partial charge on any atom is -0.392 e. The first-order chi connectivity index (χ1) is 6.78. The van der Waals surface area contributed by atoms with Gasteiger partial charge < -0.3 is 10.0 Å². The predicted molar refractivity (Wildman–Crippen MR) is 54.3 cm³/mol. The minimum atomic E-state index is -3.52. The van der Waals surface area contributed by atoms with Crippen LogP contribution in [0.3, 0.4) is 0 Å². The third kappa shape index (κ3) is 4.15. The zero-order valence-electron chi connectivity index (χ0n) is 8.59. The van der Waals surface area contributed by atoms with Gasteiger partial charge in [0.2, 0.25) is 15.9 Å². The lowest BCUT2D eigenvalue weighted by atomic mass is 10.1. The lowest BCUT2D eigenvalue weighted by molar-refractivity contribution is -0.128. The molecule has 0 aliphatic carbocycles. The maximum atomic E-state index is 11.4. The van der Waals surface area contributed by atoms with E-state index in [4.69, 9.17) is 10.2 Å². The average Bonchev–Trinajstić information content (AvgIpc) is 2.26. The fraction of sp³-hybridized carbons (Fsp3) is 0.875. The highest BCUT2D eigenvalue weighted by Gasteiger charge is 2.32. The van der Waals surface area contributed by atoms with Gasteiger partial charge in [0, 0.05) is 25.4 Å². The summed E-state index contributed by atoms with van der Waals surface area (Å²) in [7, 11) is -3.52. The number of β-amino-alcohol motifs (C(OH)–C–C–N with tert-alkyl or cyclic N) is 1. The lowest BCUT2D eigenvalue weighted by Gasteiger charge is -2.17. The van der Waals surface area contributed by atoms with E-state index in [2.05, 4.69) is 0 Å². The van der Waals surface area contributed by atoms with Gasteiger partial charge in [-0.25, -0.2) is 13.6 Å². The molecule has 3 N–H and O–H groups in total. The van der Waals surface area contributed by atoms with E-state index in [1.165, 1.54) is 4.90 Å².